The number of fused-ring (bicyclic) bond motifs is 1. The van der Waals surface area contributed by atoms with Crippen LogP contribution in [0.1, 0.15) is 31.9 Å². The van der Waals surface area contributed by atoms with Gasteiger partial charge in [0.2, 0.25) is 10.0 Å². The van der Waals surface area contributed by atoms with E-state index in [-0.39, 0.29) is 6.04 Å². The SMILES string of the molecule is CC[C@H]1COCCN1c1cc(NS(=O)(=O)C2CCOCC2)cc(-c2ccc3[nH]c(CNC)cc3n2)n1. The summed E-state index contributed by atoms with van der Waals surface area (Å²) in [4.78, 5) is 15.4. The van der Waals surface area contributed by atoms with Gasteiger partial charge in [-0.25, -0.2) is 18.4 Å². The summed E-state index contributed by atoms with van der Waals surface area (Å²) in [7, 11) is -1.67. The predicted molar refractivity (Wildman–Crippen MR) is 141 cm³/mol. The van der Waals surface area contributed by atoms with Crippen LogP contribution in [0.4, 0.5) is 11.5 Å². The quantitative estimate of drug-likeness (QED) is 0.420. The highest BCUT2D eigenvalue weighted by molar-refractivity contribution is 7.93. The number of aromatic nitrogens is 3. The Balaban J connectivity index is 1.54. The molecule has 2 saturated heterocycles. The molecule has 0 saturated carbocycles. The molecule has 0 radical (unpaired) electrons. The molecular weight excluding hydrogens is 480 g/mol. The molecule has 0 aromatic carbocycles. The average Bonchev–Trinajstić information content (AvgIpc) is 3.30. The largest absolute Gasteiger partial charge is 0.381 e. The van der Waals surface area contributed by atoms with E-state index in [1.165, 1.54) is 0 Å². The lowest BCUT2D eigenvalue weighted by molar-refractivity contribution is 0.0926. The summed E-state index contributed by atoms with van der Waals surface area (Å²) >= 11 is 0. The van der Waals surface area contributed by atoms with Crippen molar-refractivity contribution in [3.05, 3.63) is 36.0 Å². The fourth-order valence-corrected chi connectivity index (χ4v) is 6.30. The maximum Gasteiger partial charge on any atom is 0.235 e. The summed E-state index contributed by atoms with van der Waals surface area (Å²) in [5.74, 6) is 0.721. The van der Waals surface area contributed by atoms with Gasteiger partial charge in [-0.1, -0.05) is 6.92 Å². The molecule has 36 heavy (non-hydrogen) atoms. The molecule has 10 nitrogen and oxygen atoms in total. The highest BCUT2D eigenvalue weighted by Gasteiger charge is 2.29. The number of hydrogen-bond acceptors (Lipinski definition) is 8. The smallest absolute Gasteiger partial charge is 0.235 e. The molecule has 5 heterocycles. The molecule has 11 heteroatoms. The molecule has 0 unspecified atom stereocenters. The Kier molecular flexibility index (Phi) is 7.42. The summed E-state index contributed by atoms with van der Waals surface area (Å²) in [6.45, 7) is 5.67. The maximum atomic E-state index is 13.2. The molecule has 2 aliphatic heterocycles. The molecule has 0 amide bonds. The van der Waals surface area contributed by atoms with E-state index in [1.807, 2.05) is 31.3 Å². The van der Waals surface area contributed by atoms with Crippen LogP contribution in [0.3, 0.4) is 0 Å². The van der Waals surface area contributed by atoms with Gasteiger partial charge in [0.25, 0.3) is 0 Å². The van der Waals surface area contributed by atoms with Crippen LogP contribution >= 0.6 is 0 Å². The van der Waals surface area contributed by atoms with Crippen LogP contribution < -0.4 is 14.9 Å². The molecule has 5 rings (SSSR count). The number of nitrogens with one attached hydrogen (secondary N) is 3. The van der Waals surface area contributed by atoms with Gasteiger partial charge in [-0.15, -0.1) is 0 Å². The van der Waals surface area contributed by atoms with Gasteiger partial charge in [0.1, 0.15) is 5.82 Å². The molecule has 1 atom stereocenters. The Morgan fingerprint density at radius 1 is 1.08 bits per heavy atom. The van der Waals surface area contributed by atoms with Crippen molar-refractivity contribution < 1.29 is 17.9 Å². The van der Waals surface area contributed by atoms with Crippen LogP contribution in [0.5, 0.6) is 0 Å². The molecule has 0 aliphatic carbocycles. The van der Waals surface area contributed by atoms with Gasteiger partial charge in [0.05, 0.1) is 52.6 Å². The molecule has 3 aromatic heterocycles. The van der Waals surface area contributed by atoms with Crippen LogP contribution in [0.2, 0.25) is 0 Å². The van der Waals surface area contributed by atoms with Crippen molar-refractivity contribution in [3.8, 4) is 11.4 Å². The first-order valence-corrected chi connectivity index (χ1v) is 14.1. The Hall–Kier alpha value is -2.73. The van der Waals surface area contributed by atoms with Crippen molar-refractivity contribution in [2.75, 3.05) is 49.6 Å². The number of aromatic amines is 1. The molecule has 2 fully saturated rings. The van der Waals surface area contributed by atoms with Gasteiger partial charge in [-0.3, -0.25) is 4.72 Å². The summed E-state index contributed by atoms with van der Waals surface area (Å²) in [5.41, 5.74) is 4.63. The van der Waals surface area contributed by atoms with E-state index in [4.69, 9.17) is 19.4 Å². The van der Waals surface area contributed by atoms with Gasteiger partial charge in [-0.2, -0.15) is 0 Å². The van der Waals surface area contributed by atoms with E-state index in [0.717, 1.165) is 29.0 Å². The number of anilines is 2. The second kappa shape index (κ2) is 10.7. The first kappa shape index (κ1) is 24.9. The highest BCUT2D eigenvalue weighted by atomic mass is 32.2. The maximum absolute atomic E-state index is 13.2. The lowest BCUT2D eigenvalue weighted by Crippen LogP contribution is -2.45. The topological polar surface area (TPSA) is 121 Å². The zero-order valence-electron chi connectivity index (χ0n) is 20.8. The van der Waals surface area contributed by atoms with Crippen molar-refractivity contribution in [2.24, 2.45) is 0 Å². The van der Waals surface area contributed by atoms with Crippen molar-refractivity contribution in [1.82, 2.24) is 20.3 Å². The molecule has 0 bridgehead atoms. The van der Waals surface area contributed by atoms with Crippen LogP contribution in [-0.2, 0) is 26.0 Å². The second-order valence-electron chi connectivity index (χ2n) is 9.34. The zero-order chi connectivity index (χ0) is 25.1. The van der Waals surface area contributed by atoms with Crippen molar-refractivity contribution >= 4 is 32.6 Å². The van der Waals surface area contributed by atoms with Crippen LogP contribution in [-0.4, -0.2) is 74.7 Å². The van der Waals surface area contributed by atoms with Gasteiger partial charge in [0.15, 0.2) is 0 Å². The number of hydrogen-bond donors (Lipinski definition) is 3. The summed E-state index contributed by atoms with van der Waals surface area (Å²) in [5, 5.41) is 2.67. The number of morpholine rings is 1. The fraction of sp³-hybridized carbons (Fsp3) is 0.520. The van der Waals surface area contributed by atoms with E-state index >= 15 is 0 Å². The van der Waals surface area contributed by atoms with Crippen molar-refractivity contribution in [3.63, 3.8) is 0 Å². The van der Waals surface area contributed by atoms with Crippen LogP contribution in [0, 0.1) is 0 Å². The number of pyridine rings is 2. The summed E-state index contributed by atoms with van der Waals surface area (Å²) in [6.07, 6.45) is 1.88. The lowest BCUT2D eigenvalue weighted by atomic mass is 10.1. The van der Waals surface area contributed by atoms with E-state index < -0.39 is 15.3 Å². The molecule has 194 valence electrons. The summed E-state index contributed by atoms with van der Waals surface area (Å²) < 4.78 is 40.3. The molecule has 0 spiro atoms. The van der Waals surface area contributed by atoms with Crippen molar-refractivity contribution in [2.45, 2.75) is 44.0 Å². The zero-order valence-corrected chi connectivity index (χ0v) is 21.6. The molecule has 3 aromatic rings. The number of H-pyrrole nitrogens is 1. The number of rotatable bonds is 8. The standard InChI is InChI=1S/C25H34N6O4S/c1-3-19-16-35-11-8-31(19)25-14-17(30-36(32,33)20-6-9-34-10-7-20)12-24(29-25)22-5-4-21-23(28-22)13-18(27-21)15-26-2/h4-5,12-14,19-20,26-27H,3,6-11,15-16H2,1-2H3,(H,29,30)/t19-/m0/s1. The monoisotopic (exact) mass is 514 g/mol. The molecular formula is C25H34N6O4S. The normalized spacial score (nSPS) is 19.6. The van der Waals surface area contributed by atoms with E-state index in [9.17, 15) is 8.42 Å². The van der Waals surface area contributed by atoms with Gasteiger partial charge in [0, 0.05) is 38.1 Å². The minimum Gasteiger partial charge on any atom is -0.381 e. The third kappa shape index (κ3) is 5.34. The first-order chi connectivity index (χ1) is 17.5. The van der Waals surface area contributed by atoms with Gasteiger partial charge >= 0.3 is 0 Å². The number of ether oxygens (including phenoxy) is 2. The predicted octanol–water partition coefficient (Wildman–Crippen LogP) is 2.88. The Bertz CT molecular complexity index is 1310. The Labute approximate surface area is 211 Å². The van der Waals surface area contributed by atoms with Crippen LogP contribution in [0.15, 0.2) is 30.3 Å². The lowest BCUT2D eigenvalue weighted by Gasteiger charge is -2.36. The Morgan fingerprint density at radius 2 is 1.92 bits per heavy atom. The number of sulfonamides is 1. The first-order valence-electron chi connectivity index (χ1n) is 12.6. The van der Waals surface area contributed by atoms with Gasteiger partial charge < -0.3 is 24.7 Å². The number of nitrogens with zero attached hydrogens (tertiary/aromatic N) is 3. The summed E-state index contributed by atoms with van der Waals surface area (Å²) in [6, 6.07) is 9.70. The van der Waals surface area contributed by atoms with Crippen molar-refractivity contribution in [1.29, 1.82) is 0 Å². The minimum atomic E-state index is -3.57. The highest BCUT2D eigenvalue weighted by Crippen LogP contribution is 2.30. The molecule has 2 aliphatic rings. The fourth-order valence-electron chi connectivity index (χ4n) is 4.87. The molecule has 3 N–H and O–H groups in total. The van der Waals surface area contributed by atoms with E-state index in [1.54, 1.807) is 6.07 Å². The van der Waals surface area contributed by atoms with Crippen LogP contribution in [0.25, 0.3) is 22.4 Å². The second-order valence-corrected chi connectivity index (χ2v) is 11.3. The van der Waals surface area contributed by atoms with E-state index in [0.29, 0.717) is 69.4 Å². The average molecular weight is 515 g/mol. The van der Waals surface area contributed by atoms with E-state index in [2.05, 4.69) is 26.8 Å². The third-order valence-corrected chi connectivity index (χ3v) is 8.70. The Morgan fingerprint density at radius 3 is 2.69 bits per heavy atom. The minimum absolute atomic E-state index is 0.172. The third-order valence-electron chi connectivity index (χ3n) is 6.83. The van der Waals surface area contributed by atoms with Gasteiger partial charge in [-0.05, 0) is 50.6 Å².